The minimum atomic E-state index is -0.281. The van der Waals surface area contributed by atoms with Crippen molar-refractivity contribution in [3.63, 3.8) is 0 Å². The molecule has 0 spiro atoms. The van der Waals surface area contributed by atoms with Gasteiger partial charge in [0.25, 0.3) is 0 Å². The fraction of sp³-hybridized carbons (Fsp3) is 0.647. The van der Waals surface area contributed by atoms with Crippen LogP contribution in [0.2, 0.25) is 0 Å². The van der Waals surface area contributed by atoms with Gasteiger partial charge in [-0.05, 0) is 69.2 Å². The Morgan fingerprint density at radius 3 is 2.32 bits per heavy atom. The lowest BCUT2D eigenvalue weighted by molar-refractivity contribution is 0.0356. The third-order valence-electron chi connectivity index (χ3n) is 5.45. The quantitative estimate of drug-likeness (QED) is 0.881. The Bertz CT molecular complexity index is 456. The molecule has 0 amide bonds. The maximum Gasteiger partial charge on any atom is 0.0819 e. The third-order valence-corrected chi connectivity index (χ3v) is 5.45. The third kappa shape index (κ3) is 2.32. The van der Waals surface area contributed by atoms with Crippen LogP contribution >= 0.6 is 0 Å². The van der Waals surface area contributed by atoms with Crippen molar-refractivity contribution in [1.82, 2.24) is 4.90 Å². The Morgan fingerprint density at radius 2 is 1.74 bits per heavy atom. The highest BCUT2D eigenvalue weighted by Crippen LogP contribution is 2.42. The Kier molecular flexibility index (Phi) is 3.40. The number of hydrogen-bond acceptors (Lipinski definition) is 2. The molecule has 2 aliphatic rings. The highest BCUT2D eigenvalue weighted by atomic mass is 16.3. The van der Waals surface area contributed by atoms with E-state index in [2.05, 4.69) is 44.0 Å². The largest absolute Gasteiger partial charge is 0.388 e. The number of nitrogens with zero attached hydrogens (tertiary/aromatic N) is 1. The molecule has 2 nitrogen and oxygen atoms in total. The van der Waals surface area contributed by atoms with Crippen LogP contribution in [0.25, 0.3) is 0 Å². The maximum atomic E-state index is 10.7. The van der Waals surface area contributed by atoms with Crippen LogP contribution in [0.3, 0.4) is 0 Å². The van der Waals surface area contributed by atoms with Gasteiger partial charge in [-0.25, -0.2) is 0 Å². The number of aliphatic hydroxyl groups is 1. The van der Waals surface area contributed by atoms with E-state index in [4.69, 9.17) is 0 Å². The van der Waals surface area contributed by atoms with Gasteiger partial charge in [-0.2, -0.15) is 0 Å². The smallest absolute Gasteiger partial charge is 0.0819 e. The molecule has 2 fully saturated rings. The standard InChI is InChI=1S/C17H25NO/c1-11-4-5-13(8-12(11)2)17(19)14-9-15-6-7-16(10-14)18(15)3/h4-5,8,14-17,19H,6-7,9-10H2,1-3H3. The molecule has 0 saturated carbocycles. The number of aryl methyl sites for hydroxylation is 2. The van der Waals surface area contributed by atoms with E-state index in [1.54, 1.807) is 0 Å². The van der Waals surface area contributed by atoms with Crippen molar-refractivity contribution < 1.29 is 5.11 Å². The second kappa shape index (κ2) is 4.92. The van der Waals surface area contributed by atoms with Crippen LogP contribution in [-0.2, 0) is 0 Å². The predicted octanol–water partition coefficient (Wildman–Crippen LogP) is 3.21. The van der Waals surface area contributed by atoms with Gasteiger partial charge in [-0.3, -0.25) is 0 Å². The molecule has 2 aliphatic heterocycles. The first-order valence-electron chi connectivity index (χ1n) is 7.53. The van der Waals surface area contributed by atoms with Crippen molar-refractivity contribution in [2.24, 2.45) is 5.92 Å². The number of aliphatic hydroxyl groups excluding tert-OH is 1. The normalized spacial score (nSPS) is 32.5. The van der Waals surface area contributed by atoms with Crippen LogP contribution in [0.15, 0.2) is 18.2 Å². The molecule has 0 aromatic heterocycles. The van der Waals surface area contributed by atoms with E-state index in [-0.39, 0.29) is 6.10 Å². The average molecular weight is 259 g/mol. The van der Waals surface area contributed by atoms with E-state index in [1.165, 1.54) is 24.0 Å². The summed E-state index contributed by atoms with van der Waals surface area (Å²) >= 11 is 0. The highest BCUT2D eigenvalue weighted by Gasteiger charge is 2.40. The van der Waals surface area contributed by atoms with E-state index in [0.717, 1.165) is 18.4 Å². The molecule has 104 valence electrons. The number of piperidine rings is 1. The first-order valence-corrected chi connectivity index (χ1v) is 7.53. The summed E-state index contributed by atoms with van der Waals surface area (Å²) in [4.78, 5) is 2.53. The Morgan fingerprint density at radius 1 is 1.11 bits per heavy atom. The fourth-order valence-corrected chi connectivity index (χ4v) is 3.93. The Hall–Kier alpha value is -0.860. The van der Waals surface area contributed by atoms with E-state index in [9.17, 15) is 5.11 Å². The predicted molar refractivity (Wildman–Crippen MR) is 78.2 cm³/mol. The Labute approximate surface area is 116 Å². The van der Waals surface area contributed by atoms with E-state index < -0.39 is 0 Å². The molecular weight excluding hydrogens is 234 g/mol. The molecule has 1 N–H and O–H groups in total. The second-order valence-corrected chi connectivity index (χ2v) is 6.57. The topological polar surface area (TPSA) is 23.5 Å². The summed E-state index contributed by atoms with van der Waals surface area (Å²) in [5.74, 6) is 0.441. The van der Waals surface area contributed by atoms with Crippen molar-refractivity contribution in [2.75, 3.05) is 7.05 Å². The van der Waals surface area contributed by atoms with Gasteiger partial charge in [0.2, 0.25) is 0 Å². The van der Waals surface area contributed by atoms with Crippen molar-refractivity contribution in [3.05, 3.63) is 34.9 Å². The molecule has 2 heteroatoms. The fourth-order valence-electron chi connectivity index (χ4n) is 3.93. The lowest BCUT2D eigenvalue weighted by Crippen LogP contribution is -2.41. The van der Waals surface area contributed by atoms with Crippen molar-refractivity contribution in [1.29, 1.82) is 0 Å². The van der Waals surface area contributed by atoms with Crippen LogP contribution in [0.5, 0.6) is 0 Å². The molecular formula is C17H25NO. The number of hydrogen-bond donors (Lipinski definition) is 1. The number of benzene rings is 1. The number of rotatable bonds is 2. The van der Waals surface area contributed by atoms with E-state index in [1.807, 2.05) is 0 Å². The van der Waals surface area contributed by atoms with Gasteiger partial charge in [0.1, 0.15) is 0 Å². The van der Waals surface area contributed by atoms with Crippen molar-refractivity contribution in [2.45, 2.75) is 57.7 Å². The zero-order chi connectivity index (χ0) is 13.6. The SMILES string of the molecule is Cc1ccc(C(O)C2CC3CCC(C2)N3C)cc1C. The van der Waals surface area contributed by atoms with Gasteiger partial charge in [0, 0.05) is 12.1 Å². The molecule has 3 atom stereocenters. The van der Waals surface area contributed by atoms with E-state index >= 15 is 0 Å². The molecule has 19 heavy (non-hydrogen) atoms. The summed E-state index contributed by atoms with van der Waals surface area (Å²) in [5, 5.41) is 10.7. The van der Waals surface area contributed by atoms with Crippen LogP contribution < -0.4 is 0 Å². The molecule has 1 aromatic carbocycles. The molecule has 2 heterocycles. The second-order valence-electron chi connectivity index (χ2n) is 6.57. The minimum absolute atomic E-state index is 0.281. The summed E-state index contributed by atoms with van der Waals surface area (Å²) in [6.45, 7) is 4.26. The van der Waals surface area contributed by atoms with Crippen molar-refractivity contribution in [3.8, 4) is 0 Å². The van der Waals surface area contributed by atoms with Gasteiger partial charge in [-0.15, -0.1) is 0 Å². The molecule has 1 aromatic rings. The van der Waals surface area contributed by atoms with Crippen molar-refractivity contribution >= 4 is 0 Å². The summed E-state index contributed by atoms with van der Waals surface area (Å²) < 4.78 is 0. The first-order chi connectivity index (χ1) is 9.06. The summed E-state index contributed by atoms with van der Waals surface area (Å²) in [6.07, 6.45) is 4.66. The maximum absolute atomic E-state index is 10.7. The monoisotopic (exact) mass is 259 g/mol. The average Bonchev–Trinajstić information content (AvgIpc) is 2.64. The van der Waals surface area contributed by atoms with Crippen LogP contribution in [0.4, 0.5) is 0 Å². The highest BCUT2D eigenvalue weighted by molar-refractivity contribution is 5.31. The van der Waals surface area contributed by atoms with Crippen LogP contribution in [0, 0.1) is 19.8 Å². The van der Waals surface area contributed by atoms with Crippen LogP contribution in [0.1, 0.15) is 48.5 Å². The lowest BCUT2D eigenvalue weighted by atomic mass is 9.83. The zero-order valence-electron chi connectivity index (χ0n) is 12.3. The molecule has 0 radical (unpaired) electrons. The van der Waals surface area contributed by atoms with E-state index in [0.29, 0.717) is 18.0 Å². The van der Waals surface area contributed by atoms with Gasteiger partial charge in [0.05, 0.1) is 6.10 Å². The van der Waals surface area contributed by atoms with Gasteiger partial charge in [-0.1, -0.05) is 18.2 Å². The zero-order valence-corrected chi connectivity index (χ0v) is 12.3. The molecule has 3 unspecified atom stereocenters. The summed E-state index contributed by atoms with van der Waals surface area (Å²) in [7, 11) is 2.25. The first kappa shape index (κ1) is 13.1. The van der Waals surface area contributed by atoms with Crippen LogP contribution in [-0.4, -0.2) is 29.1 Å². The lowest BCUT2D eigenvalue weighted by Gasteiger charge is -2.38. The molecule has 2 saturated heterocycles. The molecule has 3 rings (SSSR count). The summed E-state index contributed by atoms with van der Waals surface area (Å²) in [6, 6.07) is 7.81. The van der Waals surface area contributed by atoms with Gasteiger partial charge in [0.15, 0.2) is 0 Å². The van der Waals surface area contributed by atoms with Gasteiger partial charge >= 0.3 is 0 Å². The summed E-state index contributed by atoms with van der Waals surface area (Å²) in [5.41, 5.74) is 3.70. The Balaban J connectivity index is 1.77. The molecule has 2 bridgehead atoms. The molecule has 0 aliphatic carbocycles. The van der Waals surface area contributed by atoms with Gasteiger partial charge < -0.3 is 10.0 Å². The number of fused-ring (bicyclic) bond motifs is 2. The minimum Gasteiger partial charge on any atom is -0.388 e.